The average molecular weight is 1090 g/mol. The first-order valence-electron chi connectivity index (χ1n) is 30.4. The van der Waals surface area contributed by atoms with Gasteiger partial charge >= 0.3 is 0 Å². The van der Waals surface area contributed by atoms with Gasteiger partial charge in [-0.1, -0.05) is 69.2 Å². The molecule has 13 nitrogen and oxygen atoms in total. The van der Waals surface area contributed by atoms with Crippen LogP contribution in [0.15, 0.2) is 0 Å². The zero-order valence-electron chi connectivity index (χ0n) is 54.2. The third-order valence-corrected chi connectivity index (χ3v) is 13.1. The van der Waals surface area contributed by atoms with Gasteiger partial charge in [0.1, 0.15) is 5.72 Å². The standard InChI is InChI=1S/C63H131N3O10/c1-56(2,3)52-72-43-27-40-68-38-26-34-65(58(7,8)9)51-62(17,18)64-33-22-21-24-36-67-39-29-45-74-54-60(13,14)31-32-61(15,16)55-75-50-49-71-48-47-70-37-25-23-35-66(59(10,11)12)63(19,20)76-46-30-42-69-41-28-44-73-53-57(4,5)6/h64H,21-55H2,1-20H3. The van der Waals surface area contributed by atoms with Gasteiger partial charge in [0.2, 0.25) is 0 Å². The molecule has 1 N–H and O–H groups in total. The van der Waals surface area contributed by atoms with Gasteiger partial charge in [-0.2, -0.15) is 0 Å². The zero-order chi connectivity index (χ0) is 57.7. The van der Waals surface area contributed by atoms with Crippen molar-refractivity contribution < 1.29 is 47.4 Å². The molecule has 0 rings (SSSR count). The van der Waals surface area contributed by atoms with Gasteiger partial charge in [-0.05, 0) is 174 Å². The monoisotopic (exact) mass is 1090 g/mol. The van der Waals surface area contributed by atoms with Crippen LogP contribution in [-0.4, -0.2) is 184 Å². The number of unbranched alkanes of at least 4 members (excludes halogenated alkanes) is 3. The molecule has 0 aromatic carbocycles. The summed E-state index contributed by atoms with van der Waals surface area (Å²) in [6.45, 7) is 62.8. The van der Waals surface area contributed by atoms with E-state index in [1.165, 1.54) is 6.42 Å². The van der Waals surface area contributed by atoms with Crippen LogP contribution >= 0.6 is 0 Å². The second-order valence-corrected chi connectivity index (χ2v) is 28.8. The first-order chi connectivity index (χ1) is 35.3. The molecule has 0 unspecified atom stereocenters. The molecule has 0 aromatic rings. The van der Waals surface area contributed by atoms with E-state index in [0.29, 0.717) is 46.2 Å². The van der Waals surface area contributed by atoms with Crippen LogP contribution in [0.1, 0.15) is 216 Å². The van der Waals surface area contributed by atoms with E-state index in [9.17, 15) is 0 Å². The quantitative estimate of drug-likeness (QED) is 0.0461. The van der Waals surface area contributed by atoms with E-state index in [4.69, 9.17) is 47.4 Å². The van der Waals surface area contributed by atoms with Crippen molar-refractivity contribution in [2.45, 2.75) is 238 Å². The van der Waals surface area contributed by atoms with Gasteiger partial charge in [-0.25, -0.2) is 0 Å². The summed E-state index contributed by atoms with van der Waals surface area (Å²) in [5, 5.41) is 3.83. The zero-order valence-corrected chi connectivity index (χ0v) is 54.2. The Bertz CT molecular complexity index is 1340. The molecule has 0 saturated heterocycles. The van der Waals surface area contributed by atoms with Gasteiger partial charge in [0.15, 0.2) is 0 Å². The Kier molecular flexibility index (Phi) is 40.4. The molecule has 0 fully saturated rings. The fraction of sp³-hybridized carbons (Fsp3) is 1.00. The molecule has 0 spiro atoms. The SMILES string of the molecule is CC(C)(C)COCCCOCCCOC(C)(C)N(CCCCOCCOCCOCC(C)(C)CCC(C)(C)COCCCOCCCCCNC(C)(C)CN(CCCOCCCOCC(C)(C)C)C(C)(C)C)C(C)(C)C. The first-order valence-corrected chi connectivity index (χ1v) is 30.4. The minimum absolute atomic E-state index is 0.0169. The minimum atomic E-state index is -0.372. The third-order valence-electron chi connectivity index (χ3n) is 13.1. The molecule has 0 aliphatic heterocycles. The number of hydrogen-bond acceptors (Lipinski definition) is 13. The van der Waals surface area contributed by atoms with Crippen LogP contribution in [-0.2, 0) is 47.4 Å². The Balaban J connectivity index is 4.00. The molecular formula is C63H131N3O10. The van der Waals surface area contributed by atoms with Crippen LogP contribution in [0.4, 0.5) is 0 Å². The molecule has 0 radical (unpaired) electrons. The smallest absolute Gasteiger partial charge is 0.116 e. The second-order valence-electron chi connectivity index (χ2n) is 28.8. The highest BCUT2D eigenvalue weighted by atomic mass is 16.5. The Hall–Kier alpha value is -0.520. The van der Waals surface area contributed by atoms with E-state index in [0.717, 1.165) is 176 Å². The fourth-order valence-electron chi connectivity index (χ4n) is 8.73. The number of rotatable bonds is 51. The average Bonchev–Trinajstić information content (AvgIpc) is 3.28. The first kappa shape index (κ1) is 75.5. The van der Waals surface area contributed by atoms with Crippen molar-refractivity contribution in [2.24, 2.45) is 21.7 Å². The maximum Gasteiger partial charge on any atom is 0.116 e. The molecule has 0 heterocycles. The predicted molar refractivity (Wildman–Crippen MR) is 319 cm³/mol. The maximum absolute atomic E-state index is 6.41. The van der Waals surface area contributed by atoms with Crippen LogP contribution in [0.25, 0.3) is 0 Å². The van der Waals surface area contributed by atoms with Crippen molar-refractivity contribution in [3.05, 3.63) is 0 Å². The highest BCUT2D eigenvalue weighted by molar-refractivity contribution is 4.88. The molecular weight excluding hydrogens is 959 g/mol. The van der Waals surface area contributed by atoms with Crippen LogP contribution < -0.4 is 5.32 Å². The maximum atomic E-state index is 6.41. The van der Waals surface area contributed by atoms with Gasteiger partial charge in [-0.3, -0.25) is 9.80 Å². The summed E-state index contributed by atoms with van der Waals surface area (Å²) in [6.07, 6.45) is 12.4. The lowest BCUT2D eigenvalue weighted by Crippen LogP contribution is -2.56. The Labute approximate surface area is 472 Å². The molecule has 0 aliphatic rings. The highest BCUT2D eigenvalue weighted by Gasteiger charge is 2.35. The van der Waals surface area contributed by atoms with E-state index in [2.05, 4.69) is 154 Å². The van der Waals surface area contributed by atoms with Crippen molar-refractivity contribution in [1.82, 2.24) is 15.1 Å². The predicted octanol–water partition coefficient (Wildman–Crippen LogP) is 13.3. The second kappa shape index (κ2) is 40.6. The summed E-state index contributed by atoms with van der Waals surface area (Å²) in [5.74, 6) is 0. The minimum Gasteiger partial charge on any atom is -0.381 e. The summed E-state index contributed by atoms with van der Waals surface area (Å²) in [4.78, 5) is 5.06. The normalized spacial score (nSPS) is 13.8. The molecule has 0 aliphatic carbocycles. The summed E-state index contributed by atoms with van der Waals surface area (Å²) in [5.41, 5.74) is 0.379. The van der Waals surface area contributed by atoms with Crippen LogP contribution in [0.3, 0.4) is 0 Å². The van der Waals surface area contributed by atoms with E-state index in [1.807, 2.05) is 0 Å². The van der Waals surface area contributed by atoms with Crippen molar-refractivity contribution in [1.29, 1.82) is 0 Å². The van der Waals surface area contributed by atoms with Crippen LogP contribution in [0.2, 0.25) is 0 Å². The number of ether oxygens (including phenoxy) is 10. The topological polar surface area (TPSA) is 111 Å². The van der Waals surface area contributed by atoms with Crippen molar-refractivity contribution in [2.75, 3.05) is 152 Å². The Morgan fingerprint density at radius 2 is 0.684 bits per heavy atom. The summed E-state index contributed by atoms with van der Waals surface area (Å²) in [7, 11) is 0. The van der Waals surface area contributed by atoms with Gasteiger partial charge in [0, 0.05) is 102 Å². The van der Waals surface area contributed by atoms with Gasteiger partial charge < -0.3 is 52.7 Å². The van der Waals surface area contributed by atoms with Crippen molar-refractivity contribution in [3.8, 4) is 0 Å². The molecule has 0 bridgehead atoms. The lowest BCUT2D eigenvalue weighted by Gasteiger charge is -2.47. The number of nitrogens with one attached hydrogen (secondary N) is 1. The Morgan fingerprint density at radius 1 is 0.316 bits per heavy atom. The Morgan fingerprint density at radius 3 is 1.14 bits per heavy atom. The van der Waals surface area contributed by atoms with Gasteiger partial charge in [0.05, 0.1) is 59.5 Å². The van der Waals surface area contributed by atoms with Crippen molar-refractivity contribution in [3.63, 3.8) is 0 Å². The molecule has 458 valence electrons. The van der Waals surface area contributed by atoms with E-state index in [-0.39, 0.29) is 44.0 Å². The van der Waals surface area contributed by atoms with E-state index < -0.39 is 0 Å². The molecule has 13 heteroatoms. The third kappa shape index (κ3) is 47.2. The van der Waals surface area contributed by atoms with E-state index in [1.54, 1.807) is 0 Å². The largest absolute Gasteiger partial charge is 0.381 e. The molecule has 0 saturated carbocycles. The summed E-state index contributed by atoms with van der Waals surface area (Å²) >= 11 is 0. The van der Waals surface area contributed by atoms with Gasteiger partial charge in [-0.15, -0.1) is 0 Å². The lowest BCUT2D eigenvalue weighted by molar-refractivity contribution is -0.166. The van der Waals surface area contributed by atoms with Crippen LogP contribution in [0.5, 0.6) is 0 Å². The van der Waals surface area contributed by atoms with Gasteiger partial charge in [0.25, 0.3) is 0 Å². The lowest BCUT2D eigenvalue weighted by atomic mass is 9.80. The fourth-order valence-corrected chi connectivity index (χ4v) is 8.73. The van der Waals surface area contributed by atoms with Crippen molar-refractivity contribution >= 4 is 0 Å². The summed E-state index contributed by atoms with van der Waals surface area (Å²) < 4.78 is 59.6. The molecule has 0 amide bonds. The summed E-state index contributed by atoms with van der Waals surface area (Å²) in [6, 6.07) is 0. The van der Waals surface area contributed by atoms with E-state index >= 15 is 0 Å². The van der Waals surface area contributed by atoms with Crippen LogP contribution in [0, 0.1) is 21.7 Å². The number of nitrogens with zero attached hydrogens (tertiary/aromatic N) is 2. The molecule has 0 aromatic heterocycles. The highest BCUT2D eigenvalue weighted by Crippen LogP contribution is 2.32. The number of hydrogen-bond donors (Lipinski definition) is 1. The molecule has 76 heavy (non-hydrogen) atoms. The molecule has 0 atom stereocenters.